The number of fused-ring (bicyclic) bond motifs is 1. The Morgan fingerprint density at radius 1 is 1.18 bits per heavy atom. The first kappa shape index (κ1) is 10.4. The summed E-state index contributed by atoms with van der Waals surface area (Å²) in [6.45, 7) is 2.13. The Hall–Kier alpha value is -1.74. The lowest BCUT2D eigenvalue weighted by molar-refractivity contribution is -0.661. The molecule has 2 aromatic heterocycles. The summed E-state index contributed by atoms with van der Waals surface area (Å²) < 4.78 is 2.09. The van der Waals surface area contributed by atoms with Crippen LogP contribution in [0.2, 0.25) is 0 Å². The molecule has 0 atom stereocenters. The number of nitrogens with zero attached hydrogens (tertiary/aromatic N) is 2. The molecular weight excluding hydrogens is 228 g/mol. The van der Waals surface area contributed by atoms with E-state index >= 15 is 0 Å². The molecule has 0 amide bonds. The average Bonchev–Trinajstić information content (AvgIpc) is 2.74. The molecule has 0 N–H and O–H groups in total. The number of para-hydroxylation sites is 1. The first-order valence-electron chi connectivity index (χ1n) is 5.54. The summed E-state index contributed by atoms with van der Waals surface area (Å²) in [4.78, 5) is 4.75. The van der Waals surface area contributed by atoms with Crippen LogP contribution in [-0.4, -0.2) is 4.98 Å². The van der Waals surface area contributed by atoms with E-state index in [0.29, 0.717) is 0 Å². The van der Waals surface area contributed by atoms with E-state index in [1.807, 2.05) is 19.2 Å². The van der Waals surface area contributed by atoms with Crippen LogP contribution in [0.3, 0.4) is 0 Å². The predicted molar refractivity (Wildman–Crippen MR) is 71.0 cm³/mol. The Balaban J connectivity index is 2.30. The monoisotopic (exact) mass is 241 g/mol. The van der Waals surface area contributed by atoms with Gasteiger partial charge < -0.3 is 0 Å². The number of rotatable bonds is 1. The molecular formula is C14H13N2S+. The summed E-state index contributed by atoms with van der Waals surface area (Å²) in [6, 6.07) is 8.21. The molecule has 84 valence electrons. The highest BCUT2D eigenvalue weighted by Crippen LogP contribution is 2.23. The van der Waals surface area contributed by atoms with Crippen LogP contribution < -0.4 is 4.57 Å². The van der Waals surface area contributed by atoms with Gasteiger partial charge in [-0.15, -0.1) is 0 Å². The standard InChI is InChI=1S/C14H13N2S/c1-10-8-17-9-12(10)14-15-13-6-4-3-5-11(13)7-16(14)2/h3-9H,1-2H3/q+1. The van der Waals surface area contributed by atoms with Crippen molar-refractivity contribution in [1.82, 2.24) is 4.98 Å². The van der Waals surface area contributed by atoms with Gasteiger partial charge in [-0.05, 0) is 35.0 Å². The van der Waals surface area contributed by atoms with Crippen molar-refractivity contribution >= 4 is 22.2 Å². The van der Waals surface area contributed by atoms with Gasteiger partial charge in [0.05, 0.1) is 18.0 Å². The maximum Gasteiger partial charge on any atom is 0.331 e. The van der Waals surface area contributed by atoms with E-state index in [9.17, 15) is 0 Å². The Kier molecular flexibility index (Phi) is 2.41. The van der Waals surface area contributed by atoms with Gasteiger partial charge in [0.15, 0.2) is 5.52 Å². The highest BCUT2D eigenvalue weighted by Gasteiger charge is 2.17. The molecule has 3 rings (SSSR count). The second-order valence-corrected chi connectivity index (χ2v) is 4.95. The third kappa shape index (κ3) is 1.72. The summed E-state index contributed by atoms with van der Waals surface area (Å²) in [6.07, 6.45) is 2.13. The van der Waals surface area contributed by atoms with E-state index in [0.717, 1.165) is 11.3 Å². The maximum absolute atomic E-state index is 4.75. The first-order valence-corrected chi connectivity index (χ1v) is 6.48. The van der Waals surface area contributed by atoms with E-state index in [1.54, 1.807) is 11.3 Å². The largest absolute Gasteiger partial charge is 0.331 e. The highest BCUT2D eigenvalue weighted by atomic mass is 32.1. The van der Waals surface area contributed by atoms with Crippen molar-refractivity contribution in [2.45, 2.75) is 6.92 Å². The number of hydrogen-bond acceptors (Lipinski definition) is 2. The number of benzene rings is 1. The van der Waals surface area contributed by atoms with Gasteiger partial charge in [-0.1, -0.05) is 12.1 Å². The lowest BCUT2D eigenvalue weighted by Gasteiger charge is -2.00. The van der Waals surface area contributed by atoms with Gasteiger partial charge in [-0.3, -0.25) is 0 Å². The normalized spacial score (nSPS) is 10.9. The molecule has 3 aromatic rings. The van der Waals surface area contributed by atoms with E-state index in [2.05, 4.69) is 40.6 Å². The van der Waals surface area contributed by atoms with Crippen molar-refractivity contribution in [1.29, 1.82) is 0 Å². The molecule has 0 fully saturated rings. The lowest BCUT2D eigenvalue weighted by atomic mass is 10.2. The molecule has 0 radical (unpaired) electrons. The van der Waals surface area contributed by atoms with Crippen molar-refractivity contribution in [3.8, 4) is 11.4 Å². The molecule has 2 heterocycles. The van der Waals surface area contributed by atoms with Crippen LogP contribution in [-0.2, 0) is 7.05 Å². The van der Waals surface area contributed by atoms with Crippen LogP contribution in [0.25, 0.3) is 22.3 Å². The molecule has 3 heteroatoms. The van der Waals surface area contributed by atoms with E-state index in [-0.39, 0.29) is 0 Å². The zero-order chi connectivity index (χ0) is 11.8. The molecule has 0 saturated heterocycles. The second-order valence-electron chi connectivity index (χ2n) is 4.20. The minimum Gasteiger partial charge on any atom is -0.232 e. The van der Waals surface area contributed by atoms with Gasteiger partial charge >= 0.3 is 5.82 Å². The molecule has 0 aliphatic heterocycles. The number of thiophene rings is 1. The van der Waals surface area contributed by atoms with E-state index in [1.165, 1.54) is 16.5 Å². The van der Waals surface area contributed by atoms with Crippen molar-refractivity contribution < 1.29 is 4.57 Å². The zero-order valence-electron chi connectivity index (χ0n) is 9.84. The molecule has 1 aromatic carbocycles. The van der Waals surface area contributed by atoms with Crippen molar-refractivity contribution in [3.63, 3.8) is 0 Å². The molecule has 0 saturated carbocycles. The van der Waals surface area contributed by atoms with Crippen molar-refractivity contribution in [2.24, 2.45) is 7.05 Å². The molecule has 0 spiro atoms. The summed E-state index contributed by atoms with van der Waals surface area (Å²) >= 11 is 1.72. The van der Waals surface area contributed by atoms with Gasteiger partial charge in [0.2, 0.25) is 0 Å². The van der Waals surface area contributed by atoms with Gasteiger partial charge in [-0.25, -0.2) is 4.57 Å². The Bertz CT molecular complexity index is 686. The molecule has 0 bridgehead atoms. The minimum atomic E-state index is 1.03. The van der Waals surface area contributed by atoms with Crippen molar-refractivity contribution in [2.75, 3.05) is 0 Å². The fourth-order valence-corrected chi connectivity index (χ4v) is 2.83. The van der Waals surface area contributed by atoms with Crippen LogP contribution in [0.15, 0.2) is 41.2 Å². The third-order valence-corrected chi connectivity index (χ3v) is 3.79. The number of aryl methyl sites for hydroxylation is 2. The van der Waals surface area contributed by atoms with Crippen LogP contribution in [0.5, 0.6) is 0 Å². The molecule has 2 nitrogen and oxygen atoms in total. The lowest BCUT2D eigenvalue weighted by Crippen LogP contribution is -2.31. The first-order chi connectivity index (χ1) is 8.25. The summed E-state index contributed by atoms with van der Waals surface area (Å²) in [7, 11) is 2.05. The van der Waals surface area contributed by atoms with E-state index < -0.39 is 0 Å². The Morgan fingerprint density at radius 3 is 2.76 bits per heavy atom. The number of aromatic nitrogens is 2. The number of hydrogen-bond donors (Lipinski definition) is 0. The van der Waals surface area contributed by atoms with Crippen LogP contribution >= 0.6 is 11.3 Å². The smallest absolute Gasteiger partial charge is 0.232 e. The fourth-order valence-electron chi connectivity index (χ4n) is 2.00. The van der Waals surface area contributed by atoms with E-state index in [4.69, 9.17) is 4.98 Å². The molecule has 0 aliphatic rings. The zero-order valence-corrected chi connectivity index (χ0v) is 10.7. The van der Waals surface area contributed by atoms with Gasteiger partial charge in [0, 0.05) is 5.38 Å². The fraction of sp³-hybridized carbons (Fsp3) is 0.143. The molecule has 0 unspecified atom stereocenters. The third-order valence-electron chi connectivity index (χ3n) is 2.93. The van der Waals surface area contributed by atoms with Crippen LogP contribution in [0.4, 0.5) is 0 Å². The SMILES string of the molecule is Cc1cscc1-c1nc2ccccc2c[n+]1C. The Morgan fingerprint density at radius 2 is 2.00 bits per heavy atom. The quantitative estimate of drug-likeness (QED) is 0.598. The highest BCUT2D eigenvalue weighted by molar-refractivity contribution is 7.08. The summed E-state index contributed by atoms with van der Waals surface area (Å²) in [5.41, 5.74) is 3.56. The maximum atomic E-state index is 4.75. The molecule has 0 aliphatic carbocycles. The van der Waals surface area contributed by atoms with Gasteiger partial charge in [0.1, 0.15) is 6.20 Å². The molecule has 17 heavy (non-hydrogen) atoms. The van der Waals surface area contributed by atoms with Crippen molar-refractivity contribution in [3.05, 3.63) is 46.8 Å². The predicted octanol–water partition coefficient (Wildman–Crippen LogP) is 3.10. The summed E-state index contributed by atoms with van der Waals surface area (Å²) in [5.74, 6) is 1.03. The second kappa shape index (κ2) is 3.93. The van der Waals surface area contributed by atoms with Crippen LogP contribution in [0.1, 0.15) is 5.56 Å². The van der Waals surface area contributed by atoms with Gasteiger partial charge in [0.25, 0.3) is 0 Å². The van der Waals surface area contributed by atoms with Gasteiger partial charge in [-0.2, -0.15) is 11.3 Å². The average molecular weight is 241 g/mol. The minimum absolute atomic E-state index is 1.03. The topological polar surface area (TPSA) is 16.8 Å². The summed E-state index contributed by atoms with van der Waals surface area (Å²) in [5, 5.41) is 5.49. The van der Waals surface area contributed by atoms with Crippen LogP contribution in [0, 0.1) is 6.92 Å². The Labute approximate surface area is 104 Å².